The van der Waals surface area contributed by atoms with Gasteiger partial charge in [-0.25, -0.2) is 0 Å². The monoisotopic (exact) mass is 208 g/mol. The molecule has 0 N–H and O–H groups in total. The van der Waals surface area contributed by atoms with E-state index in [0.29, 0.717) is 30.5 Å². The molecule has 0 amide bonds. The zero-order valence-corrected chi connectivity index (χ0v) is 8.78. The zero-order chi connectivity index (χ0) is 10.4. The lowest BCUT2D eigenvalue weighted by Crippen LogP contribution is -2.31. The molecular formula is C12H16O3. The van der Waals surface area contributed by atoms with Crippen LogP contribution in [0.4, 0.5) is 0 Å². The van der Waals surface area contributed by atoms with Gasteiger partial charge in [0.1, 0.15) is 11.9 Å². The number of hydrogen-bond donors (Lipinski definition) is 0. The van der Waals surface area contributed by atoms with Crippen molar-refractivity contribution in [3.63, 3.8) is 0 Å². The molecule has 0 aromatic rings. The predicted molar refractivity (Wildman–Crippen MR) is 53.1 cm³/mol. The van der Waals surface area contributed by atoms with E-state index in [1.54, 1.807) is 0 Å². The van der Waals surface area contributed by atoms with Gasteiger partial charge >= 0.3 is 5.97 Å². The van der Waals surface area contributed by atoms with Crippen molar-refractivity contribution < 1.29 is 14.3 Å². The first-order chi connectivity index (χ1) is 7.25. The zero-order valence-electron chi connectivity index (χ0n) is 8.78. The van der Waals surface area contributed by atoms with Crippen LogP contribution in [-0.4, -0.2) is 17.9 Å². The Labute approximate surface area is 89.2 Å². The summed E-state index contributed by atoms with van der Waals surface area (Å²) in [7, 11) is 0. The number of carbonyl (C=O) groups excluding carboxylic acids is 2. The normalized spacial score (nSPS) is 44.5. The van der Waals surface area contributed by atoms with Gasteiger partial charge in [-0.3, -0.25) is 9.59 Å². The fraction of sp³-hybridized carbons (Fsp3) is 0.833. The molecule has 0 aromatic carbocycles. The Hall–Kier alpha value is -0.860. The first kappa shape index (κ1) is 9.37. The van der Waals surface area contributed by atoms with Crippen LogP contribution in [0, 0.1) is 17.8 Å². The largest absolute Gasteiger partial charge is 0.461 e. The van der Waals surface area contributed by atoms with Crippen LogP contribution in [0.25, 0.3) is 0 Å². The first-order valence-electron chi connectivity index (χ1n) is 5.98. The van der Waals surface area contributed by atoms with Crippen molar-refractivity contribution in [1.82, 2.24) is 0 Å². The summed E-state index contributed by atoms with van der Waals surface area (Å²) in [5.74, 6) is 1.12. The van der Waals surface area contributed by atoms with Gasteiger partial charge in [0, 0.05) is 12.3 Å². The summed E-state index contributed by atoms with van der Waals surface area (Å²) < 4.78 is 5.37. The molecule has 1 heterocycles. The Kier molecular flexibility index (Phi) is 2.08. The molecule has 3 heteroatoms. The summed E-state index contributed by atoms with van der Waals surface area (Å²) in [6, 6.07) is 0. The molecule has 0 bridgehead atoms. The fourth-order valence-electron chi connectivity index (χ4n) is 3.61. The summed E-state index contributed by atoms with van der Waals surface area (Å²) in [4.78, 5) is 23.1. The van der Waals surface area contributed by atoms with Crippen LogP contribution < -0.4 is 0 Å². The Morgan fingerprint density at radius 1 is 1.07 bits per heavy atom. The Morgan fingerprint density at radius 3 is 2.73 bits per heavy atom. The van der Waals surface area contributed by atoms with Crippen molar-refractivity contribution in [3.8, 4) is 0 Å². The maximum absolute atomic E-state index is 11.8. The second-order valence-corrected chi connectivity index (χ2v) is 5.14. The van der Waals surface area contributed by atoms with E-state index in [1.807, 2.05) is 0 Å². The number of Topliss-reactive ketones (excluding diaryl/α,β-unsaturated/α-hetero) is 1. The number of carbonyl (C=O) groups is 2. The van der Waals surface area contributed by atoms with Crippen LogP contribution in [0.2, 0.25) is 0 Å². The fourth-order valence-corrected chi connectivity index (χ4v) is 3.61. The van der Waals surface area contributed by atoms with Crippen LogP contribution in [0.3, 0.4) is 0 Å². The maximum Gasteiger partial charge on any atom is 0.306 e. The SMILES string of the molecule is O=C1CC2CCCC3CCC(=O)C3C2O1. The van der Waals surface area contributed by atoms with E-state index >= 15 is 0 Å². The molecule has 3 aliphatic rings. The third-order valence-electron chi connectivity index (χ3n) is 4.31. The number of rotatable bonds is 0. The van der Waals surface area contributed by atoms with Crippen LogP contribution in [-0.2, 0) is 14.3 Å². The molecule has 2 saturated carbocycles. The average molecular weight is 208 g/mol. The van der Waals surface area contributed by atoms with E-state index in [2.05, 4.69) is 0 Å². The summed E-state index contributed by atoms with van der Waals surface area (Å²) in [5, 5.41) is 0. The molecule has 4 unspecified atom stereocenters. The van der Waals surface area contributed by atoms with Crippen LogP contribution in [0.15, 0.2) is 0 Å². The van der Waals surface area contributed by atoms with E-state index in [-0.39, 0.29) is 18.0 Å². The van der Waals surface area contributed by atoms with Crippen molar-refractivity contribution in [3.05, 3.63) is 0 Å². The Balaban J connectivity index is 1.90. The highest BCUT2D eigenvalue weighted by Crippen LogP contribution is 2.45. The average Bonchev–Trinajstić information content (AvgIpc) is 2.67. The summed E-state index contributed by atoms with van der Waals surface area (Å²) >= 11 is 0. The molecule has 3 rings (SSSR count). The van der Waals surface area contributed by atoms with Gasteiger partial charge in [0.05, 0.1) is 12.3 Å². The lowest BCUT2D eigenvalue weighted by atomic mass is 9.85. The van der Waals surface area contributed by atoms with Crippen LogP contribution >= 0.6 is 0 Å². The minimum Gasteiger partial charge on any atom is -0.461 e. The quantitative estimate of drug-likeness (QED) is 0.569. The van der Waals surface area contributed by atoms with Crippen LogP contribution in [0.1, 0.15) is 38.5 Å². The highest BCUT2D eigenvalue weighted by atomic mass is 16.6. The van der Waals surface area contributed by atoms with Crippen molar-refractivity contribution in [2.24, 2.45) is 17.8 Å². The van der Waals surface area contributed by atoms with Gasteiger partial charge in [0.15, 0.2) is 0 Å². The number of fused-ring (bicyclic) bond motifs is 3. The summed E-state index contributed by atoms with van der Waals surface area (Å²) in [6.45, 7) is 0. The lowest BCUT2D eigenvalue weighted by Gasteiger charge is -2.23. The Bertz CT molecular complexity index is 310. The van der Waals surface area contributed by atoms with Gasteiger partial charge in [-0.1, -0.05) is 6.42 Å². The summed E-state index contributed by atoms with van der Waals surface area (Å²) in [5.41, 5.74) is 0. The van der Waals surface area contributed by atoms with Gasteiger partial charge in [0.25, 0.3) is 0 Å². The van der Waals surface area contributed by atoms with E-state index < -0.39 is 0 Å². The predicted octanol–water partition coefficient (Wildman–Crippen LogP) is 1.70. The molecule has 0 radical (unpaired) electrons. The van der Waals surface area contributed by atoms with Gasteiger partial charge in [0.2, 0.25) is 0 Å². The van der Waals surface area contributed by atoms with Crippen molar-refractivity contribution in [2.45, 2.75) is 44.6 Å². The standard InChI is InChI=1S/C12H16O3/c13-9-5-4-7-2-1-3-8-6-10(14)15-12(8)11(7)9/h7-8,11-12H,1-6H2. The molecule has 2 aliphatic carbocycles. The molecule has 1 saturated heterocycles. The van der Waals surface area contributed by atoms with Crippen molar-refractivity contribution in [2.75, 3.05) is 0 Å². The topological polar surface area (TPSA) is 43.4 Å². The second-order valence-electron chi connectivity index (χ2n) is 5.14. The highest BCUT2D eigenvalue weighted by Gasteiger charge is 2.49. The van der Waals surface area contributed by atoms with Crippen molar-refractivity contribution in [1.29, 1.82) is 0 Å². The molecule has 0 spiro atoms. The third-order valence-corrected chi connectivity index (χ3v) is 4.31. The first-order valence-corrected chi connectivity index (χ1v) is 5.98. The molecular weight excluding hydrogens is 192 g/mol. The van der Waals surface area contributed by atoms with E-state index in [4.69, 9.17) is 4.74 Å². The molecule has 0 aromatic heterocycles. The van der Waals surface area contributed by atoms with E-state index in [1.165, 1.54) is 0 Å². The number of ketones is 1. The highest BCUT2D eigenvalue weighted by molar-refractivity contribution is 5.85. The van der Waals surface area contributed by atoms with Crippen molar-refractivity contribution >= 4 is 11.8 Å². The minimum absolute atomic E-state index is 0.0453. The number of ether oxygens (including phenoxy) is 1. The Morgan fingerprint density at radius 2 is 1.87 bits per heavy atom. The molecule has 82 valence electrons. The third kappa shape index (κ3) is 1.40. The smallest absolute Gasteiger partial charge is 0.306 e. The summed E-state index contributed by atoms with van der Waals surface area (Å²) in [6.07, 6.45) is 5.57. The maximum atomic E-state index is 11.8. The molecule has 3 fully saturated rings. The number of hydrogen-bond acceptors (Lipinski definition) is 3. The second kappa shape index (κ2) is 3.32. The van der Waals surface area contributed by atoms with Crippen LogP contribution in [0.5, 0.6) is 0 Å². The van der Waals surface area contributed by atoms with E-state index in [0.717, 1.165) is 25.7 Å². The molecule has 1 aliphatic heterocycles. The van der Waals surface area contributed by atoms with Gasteiger partial charge in [-0.05, 0) is 25.2 Å². The molecule has 4 atom stereocenters. The lowest BCUT2D eigenvalue weighted by molar-refractivity contribution is -0.145. The van der Waals surface area contributed by atoms with Gasteiger partial charge in [-0.2, -0.15) is 0 Å². The molecule has 15 heavy (non-hydrogen) atoms. The minimum atomic E-state index is -0.0923. The number of esters is 1. The van der Waals surface area contributed by atoms with Gasteiger partial charge < -0.3 is 4.74 Å². The van der Waals surface area contributed by atoms with E-state index in [9.17, 15) is 9.59 Å². The van der Waals surface area contributed by atoms with Gasteiger partial charge in [-0.15, -0.1) is 0 Å². The molecule has 3 nitrogen and oxygen atoms in total.